The van der Waals surface area contributed by atoms with Gasteiger partial charge < -0.3 is 5.32 Å². The highest BCUT2D eigenvalue weighted by Crippen LogP contribution is 2.22. The molecule has 1 amide bonds. The molecule has 2 rings (SSSR count). The van der Waals surface area contributed by atoms with Crippen LogP contribution in [0.3, 0.4) is 0 Å². The molecule has 0 atom stereocenters. The molecule has 1 aromatic carbocycles. The molecular weight excluding hydrogens is 232 g/mol. The Morgan fingerprint density at radius 1 is 1.41 bits per heavy atom. The Kier molecular flexibility index (Phi) is 3.53. The number of hydrogen-bond donors (Lipinski definition) is 1. The van der Waals surface area contributed by atoms with E-state index in [1.54, 1.807) is 5.38 Å². The number of hydrogen-bond acceptors (Lipinski definition) is 3. The van der Waals surface area contributed by atoms with Crippen LogP contribution in [0.5, 0.6) is 0 Å². The third-order valence-corrected chi connectivity index (χ3v) is 3.00. The van der Waals surface area contributed by atoms with Crippen LogP contribution in [-0.2, 0) is 0 Å². The summed E-state index contributed by atoms with van der Waals surface area (Å²) in [5, 5.41) is 5.14. The van der Waals surface area contributed by atoms with Crippen molar-refractivity contribution in [2.24, 2.45) is 0 Å². The number of rotatable bonds is 3. The Labute approximate surface area is 104 Å². The zero-order valence-electron chi connectivity index (χ0n) is 9.01. The highest BCUT2D eigenvalue weighted by Gasteiger charge is 2.10. The van der Waals surface area contributed by atoms with Gasteiger partial charge in [0.2, 0.25) is 0 Å². The molecule has 0 spiro atoms. The fraction of sp³-hybridized carbons (Fsp3) is 0.0769. The van der Waals surface area contributed by atoms with E-state index in [2.05, 4.69) is 16.2 Å². The average Bonchev–Trinajstić information content (AvgIpc) is 2.86. The van der Waals surface area contributed by atoms with Crippen LogP contribution in [0.15, 0.2) is 35.7 Å². The van der Waals surface area contributed by atoms with Crippen LogP contribution >= 0.6 is 11.3 Å². The minimum atomic E-state index is -0.235. The average molecular weight is 242 g/mol. The van der Waals surface area contributed by atoms with Gasteiger partial charge in [-0.1, -0.05) is 36.3 Å². The first-order valence-electron chi connectivity index (χ1n) is 5.04. The van der Waals surface area contributed by atoms with E-state index in [0.29, 0.717) is 5.69 Å². The maximum atomic E-state index is 11.6. The van der Waals surface area contributed by atoms with Crippen LogP contribution in [-0.4, -0.2) is 17.4 Å². The van der Waals surface area contributed by atoms with Crippen molar-refractivity contribution in [1.29, 1.82) is 0 Å². The Morgan fingerprint density at radius 3 is 2.88 bits per heavy atom. The summed E-state index contributed by atoms with van der Waals surface area (Å²) in [7, 11) is 0. The fourth-order valence-electron chi connectivity index (χ4n) is 1.31. The lowest BCUT2D eigenvalue weighted by molar-refractivity contribution is 0.0954. The summed E-state index contributed by atoms with van der Waals surface area (Å²) in [4.78, 5) is 15.9. The van der Waals surface area contributed by atoms with Gasteiger partial charge in [0.15, 0.2) is 0 Å². The van der Waals surface area contributed by atoms with Crippen molar-refractivity contribution in [2.45, 2.75) is 0 Å². The first-order chi connectivity index (χ1) is 8.31. The highest BCUT2D eigenvalue weighted by molar-refractivity contribution is 7.13. The lowest BCUT2D eigenvalue weighted by atomic mass is 10.2. The Balaban J connectivity index is 2.17. The molecule has 0 aliphatic rings. The van der Waals surface area contributed by atoms with Gasteiger partial charge in [-0.2, -0.15) is 0 Å². The first-order valence-corrected chi connectivity index (χ1v) is 5.92. The zero-order chi connectivity index (χ0) is 12.1. The van der Waals surface area contributed by atoms with Gasteiger partial charge in [0, 0.05) is 10.9 Å². The van der Waals surface area contributed by atoms with E-state index in [1.165, 1.54) is 11.3 Å². The zero-order valence-corrected chi connectivity index (χ0v) is 9.83. The van der Waals surface area contributed by atoms with Crippen LogP contribution in [0.1, 0.15) is 10.5 Å². The molecule has 3 nitrogen and oxygen atoms in total. The van der Waals surface area contributed by atoms with E-state index in [1.807, 2.05) is 30.3 Å². The molecule has 1 heterocycles. The third kappa shape index (κ3) is 2.71. The molecule has 0 aliphatic heterocycles. The molecule has 1 aromatic heterocycles. The van der Waals surface area contributed by atoms with Crippen molar-refractivity contribution in [3.05, 3.63) is 41.4 Å². The molecule has 0 bridgehead atoms. The lowest BCUT2D eigenvalue weighted by Gasteiger charge is -1.96. The number of terminal acetylenes is 1. The van der Waals surface area contributed by atoms with Crippen molar-refractivity contribution in [2.75, 3.05) is 6.54 Å². The molecule has 0 unspecified atom stereocenters. The number of nitrogens with zero attached hydrogens (tertiary/aromatic N) is 1. The first kappa shape index (κ1) is 11.4. The van der Waals surface area contributed by atoms with E-state index in [0.717, 1.165) is 10.6 Å². The maximum absolute atomic E-state index is 11.6. The molecular formula is C13H10N2OS. The van der Waals surface area contributed by atoms with Crippen molar-refractivity contribution < 1.29 is 4.79 Å². The second kappa shape index (κ2) is 5.28. The van der Waals surface area contributed by atoms with Gasteiger partial charge in [-0.25, -0.2) is 4.98 Å². The molecule has 0 saturated carbocycles. The fourth-order valence-corrected chi connectivity index (χ4v) is 2.12. The SMILES string of the molecule is C#CCNC(=O)c1csc(-c2ccccc2)n1. The van der Waals surface area contributed by atoms with Crippen molar-refractivity contribution >= 4 is 17.2 Å². The largest absolute Gasteiger partial charge is 0.340 e. The van der Waals surface area contributed by atoms with E-state index < -0.39 is 0 Å². The third-order valence-electron chi connectivity index (χ3n) is 2.11. The van der Waals surface area contributed by atoms with Crippen LogP contribution in [0.2, 0.25) is 0 Å². The summed E-state index contributed by atoms with van der Waals surface area (Å²) in [6.07, 6.45) is 5.07. The van der Waals surface area contributed by atoms with Gasteiger partial charge in [0.05, 0.1) is 6.54 Å². The van der Waals surface area contributed by atoms with Gasteiger partial charge in [-0.15, -0.1) is 17.8 Å². The lowest BCUT2D eigenvalue weighted by Crippen LogP contribution is -2.23. The number of amides is 1. The second-order valence-electron chi connectivity index (χ2n) is 3.29. The molecule has 1 N–H and O–H groups in total. The summed E-state index contributed by atoms with van der Waals surface area (Å²) in [6, 6.07) is 9.74. The van der Waals surface area contributed by atoms with E-state index in [4.69, 9.17) is 6.42 Å². The number of aromatic nitrogens is 1. The normalized spacial score (nSPS) is 9.59. The summed E-state index contributed by atoms with van der Waals surface area (Å²) in [6.45, 7) is 0.219. The minimum Gasteiger partial charge on any atom is -0.340 e. The van der Waals surface area contributed by atoms with E-state index in [-0.39, 0.29) is 12.5 Å². The van der Waals surface area contributed by atoms with E-state index in [9.17, 15) is 4.79 Å². The number of thiazole rings is 1. The van der Waals surface area contributed by atoms with Crippen molar-refractivity contribution in [1.82, 2.24) is 10.3 Å². The standard InChI is InChI=1S/C13H10N2OS/c1-2-8-14-12(16)11-9-17-13(15-11)10-6-4-3-5-7-10/h1,3-7,9H,8H2,(H,14,16). The second-order valence-corrected chi connectivity index (χ2v) is 4.15. The van der Waals surface area contributed by atoms with Crippen LogP contribution in [0.4, 0.5) is 0 Å². The van der Waals surface area contributed by atoms with Gasteiger partial charge >= 0.3 is 0 Å². The highest BCUT2D eigenvalue weighted by atomic mass is 32.1. The van der Waals surface area contributed by atoms with Crippen molar-refractivity contribution in [3.63, 3.8) is 0 Å². The van der Waals surface area contributed by atoms with E-state index >= 15 is 0 Å². The number of carbonyl (C=O) groups is 1. The molecule has 0 aliphatic carbocycles. The topological polar surface area (TPSA) is 42.0 Å². The number of nitrogens with one attached hydrogen (secondary N) is 1. The van der Waals surface area contributed by atoms with Crippen molar-refractivity contribution in [3.8, 4) is 22.9 Å². The monoisotopic (exact) mass is 242 g/mol. The molecule has 84 valence electrons. The predicted molar refractivity (Wildman–Crippen MR) is 68.7 cm³/mol. The van der Waals surface area contributed by atoms with Gasteiger partial charge in [-0.3, -0.25) is 4.79 Å². The quantitative estimate of drug-likeness (QED) is 0.838. The summed E-state index contributed by atoms with van der Waals surface area (Å²) >= 11 is 1.44. The smallest absolute Gasteiger partial charge is 0.271 e. The molecule has 4 heteroatoms. The maximum Gasteiger partial charge on any atom is 0.271 e. The van der Waals surface area contributed by atoms with Gasteiger partial charge in [-0.05, 0) is 0 Å². The van der Waals surface area contributed by atoms with Crippen LogP contribution < -0.4 is 5.32 Å². The summed E-state index contributed by atoms with van der Waals surface area (Å²) < 4.78 is 0. The van der Waals surface area contributed by atoms with Gasteiger partial charge in [0.1, 0.15) is 10.7 Å². The Bertz CT molecular complexity index is 554. The number of carbonyl (C=O) groups excluding carboxylic acids is 1. The van der Waals surface area contributed by atoms with Crippen LogP contribution in [0.25, 0.3) is 10.6 Å². The Hall–Kier alpha value is -2.12. The predicted octanol–water partition coefficient (Wildman–Crippen LogP) is 2.17. The summed E-state index contributed by atoms with van der Waals surface area (Å²) in [5.41, 5.74) is 1.41. The Morgan fingerprint density at radius 2 is 2.18 bits per heavy atom. The number of benzene rings is 1. The molecule has 0 saturated heterocycles. The van der Waals surface area contributed by atoms with Gasteiger partial charge in [0.25, 0.3) is 5.91 Å². The molecule has 0 fully saturated rings. The molecule has 2 aromatic rings. The molecule has 17 heavy (non-hydrogen) atoms. The summed E-state index contributed by atoms with van der Waals surface area (Å²) in [5.74, 6) is 2.12. The minimum absolute atomic E-state index is 0.219. The van der Waals surface area contributed by atoms with Crippen LogP contribution in [0, 0.1) is 12.3 Å². The molecule has 0 radical (unpaired) electrons.